The number of piperidine rings is 1. The van der Waals surface area contributed by atoms with Crippen LogP contribution in [-0.2, 0) is 16.5 Å². The van der Waals surface area contributed by atoms with Crippen LogP contribution in [0.15, 0.2) is 27.5 Å². The zero-order valence-electron chi connectivity index (χ0n) is 12.7. The highest BCUT2D eigenvalue weighted by Gasteiger charge is 2.19. The largest absolute Gasteiger partial charge is 0.429 e. The maximum atomic E-state index is 12.1. The molecule has 2 heterocycles. The molecular weight excluding hydrogens is 320 g/mol. The van der Waals surface area contributed by atoms with Crippen molar-refractivity contribution < 1.29 is 17.7 Å². The Hall–Kier alpha value is -1.18. The monoisotopic (exact) mass is 341 g/mol. The molecular formula is C15H21N2O3S2+. The third kappa shape index (κ3) is 2.98. The van der Waals surface area contributed by atoms with Gasteiger partial charge in [0, 0.05) is 0 Å². The van der Waals surface area contributed by atoms with Gasteiger partial charge in [-0.05, 0) is 49.7 Å². The van der Waals surface area contributed by atoms with Crippen molar-refractivity contribution >= 4 is 33.2 Å². The predicted molar refractivity (Wildman–Crippen MR) is 87.3 cm³/mol. The molecule has 1 aromatic carbocycles. The summed E-state index contributed by atoms with van der Waals surface area (Å²) in [6, 6.07) is 4.99. The van der Waals surface area contributed by atoms with E-state index in [4.69, 9.17) is 16.6 Å². The highest BCUT2D eigenvalue weighted by atomic mass is 32.2. The molecule has 1 saturated heterocycles. The number of sulfone groups is 1. The number of hydrogen-bond acceptors (Lipinski definition) is 4. The molecule has 0 aliphatic carbocycles. The summed E-state index contributed by atoms with van der Waals surface area (Å²) < 4.78 is 31.7. The summed E-state index contributed by atoms with van der Waals surface area (Å²) in [6.07, 6.45) is 3.75. The lowest BCUT2D eigenvalue weighted by Gasteiger charge is -2.23. The van der Waals surface area contributed by atoms with E-state index in [0.717, 1.165) is 25.3 Å². The topological polar surface area (TPSA) is 56.6 Å². The Morgan fingerprint density at radius 2 is 2.00 bits per heavy atom. The maximum Gasteiger partial charge on any atom is 0.274 e. The van der Waals surface area contributed by atoms with E-state index in [2.05, 4.69) is 0 Å². The normalized spacial score (nSPS) is 17.1. The Balaban J connectivity index is 2.03. The van der Waals surface area contributed by atoms with E-state index in [-0.39, 0.29) is 5.75 Å². The first kappa shape index (κ1) is 15.7. The second-order valence-electron chi connectivity index (χ2n) is 5.80. The van der Waals surface area contributed by atoms with Gasteiger partial charge in [-0.2, -0.15) is 0 Å². The number of nitrogens with zero attached hydrogens (tertiary/aromatic N) is 1. The molecule has 22 heavy (non-hydrogen) atoms. The van der Waals surface area contributed by atoms with E-state index in [0.29, 0.717) is 15.3 Å². The van der Waals surface area contributed by atoms with Gasteiger partial charge in [0.1, 0.15) is 0 Å². The molecule has 0 radical (unpaired) electrons. The average Bonchev–Trinajstić information content (AvgIpc) is 2.83. The molecule has 0 unspecified atom stereocenters. The number of benzene rings is 1. The smallest absolute Gasteiger partial charge is 0.274 e. The number of rotatable bonds is 4. The van der Waals surface area contributed by atoms with E-state index in [1.807, 2.05) is 4.57 Å². The Morgan fingerprint density at radius 3 is 2.68 bits per heavy atom. The van der Waals surface area contributed by atoms with Crippen LogP contribution in [0.2, 0.25) is 0 Å². The van der Waals surface area contributed by atoms with Crippen molar-refractivity contribution in [3.05, 3.63) is 23.0 Å². The van der Waals surface area contributed by atoms with Gasteiger partial charge in [-0.1, -0.05) is 6.92 Å². The lowest BCUT2D eigenvalue weighted by atomic mass is 10.1. The van der Waals surface area contributed by atoms with Gasteiger partial charge < -0.3 is 9.32 Å². The van der Waals surface area contributed by atoms with E-state index < -0.39 is 9.84 Å². The molecule has 2 aromatic rings. The van der Waals surface area contributed by atoms with Gasteiger partial charge in [-0.15, -0.1) is 0 Å². The van der Waals surface area contributed by atoms with Gasteiger partial charge in [-0.3, -0.25) is 4.57 Å². The molecule has 0 bridgehead atoms. The summed E-state index contributed by atoms with van der Waals surface area (Å²) in [6.45, 7) is 4.64. The third-order valence-electron chi connectivity index (χ3n) is 4.32. The van der Waals surface area contributed by atoms with Crippen molar-refractivity contribution in [2.24, 2.45) is 0 Å². The lowest BCUT2D eigenvalue weighted by Crippen LogP contribution is -3.12. The van der Waals surface area contributed by atoms with Crippen LogP contribution >= 0.6 is 12.2 Å². The first-order valence-electron chi connectivity index (χ1n) is 7.71. The van der Waals surface area contributed by atoms with Crippen LogP contribution in [0.1, 0.15) is 26.2 Å². The van der Waals surface area contributed by atoms with Crippen LogP contribution in [0.25, 0.3) is 11.1 Å². The van der Waals surface area contributed by atoms with Gasteiger partial charge in [0.15, 0.2) is 22.1 Å². The minimum atomic E-state index is -3.23. The number of fused-ring (bicyclic) bond motifs is 1. The predicted octanol–water partition coefficient (Wildman–Crippen LogP) is 1.78. The highest BCUT2D eigenvalue weighted by molar-refractivity contribution is 7.91. The van der Waals surface area contributed by atoms with E-state index >= 15 is 0 Å². The molecule has 1 aliphatic rings. The van der Waals surface area contributed by atoms with Crippen LogP contribution in [0.5, 0.6) is 0 Å². The fourth-order valence-electron chi connectivity index (χ4n) is 2.99. The number of likely N-dealkylation sites (tertiary alicyclic amines) is 1. The SMILES string of the molecule is CCS(=O)(=O)c1ccc2oc(=S)n(C[NH+]3CCCCC3)c2c1. The summed E-state index contributed by atoms with van der Waals surface area (Å²) in [5.41, 5.74) is 1.43. The van der Waals surface area contributed by atoms with Crippen molar-refractivity contribution in [1.82, 2.24) is 4.57 Å². The maximum absolute atomic E-state index is 12.1. The summed E-state index contributed by atoms with van der Waals surface area (Å²) in [5.74, 6) is 0.0917. The van der Waals surface area contributed by atoms with Crippen molar-refractivity contribution in [2.75, 3.05) is 18.8 Å². The van der Waals surface area contributed by atoms with E-state index in [1.54, 1.807) is 25.1 Å². The van der Waals surface area contributed by atoms with E-state index in [1.165, 1.54) is 24.2 Å². The van der Waals surface area contributed by atoms with Gasteiger partial charge in [0.2, 0.25) is 0 Å². The van der Waals surface area contributed by atoms with Crippen LogP contribution in [0.3, 0.4) is 0 Å². The summed E-state index contributed by atoms with van der Waals surface area (Å²) >= 11 is 5.32. The quantitative estimate of drug-likeness (QED) is 0.862. The van der Waals surface area contributed by atoms with Crippen molar-refractivity contribution in [1.29, 1.82) is 0 Å². The van der Waals surface area contributed by atoms with Gasteiger partial charge in [-0.25, -0.2) is 8.42 Å². The lowest BCUT2D eigenvalue weighted by molar-refractivity contribution is -0.927. The zero-order chi connectivity index (χ0) is 15.7. The molecule has 120 valence electrons. The Kier molecular flexibility index (Phi) is 4.38. The fourth-order valence-corrected chi connectivity index (χ4v) is 4.14. The molecule has 7 heteroatoms. The van der Waals surface area contributed by atoms with Crippen LogP contribution in [0, 0.1) is 4.84 Å². The first-order chi connectivity index (χ1) is 10.5. The Bertz CT molecular complexity index is 830. The molecule has 1 aliphatic heterocycles. The second-order valence-corrected chi connectivity index (χ2v) is 8.43. The minimum absolute atomic E-state index is 0.0917. The summed E-state index contributed by atoms with van der Waals surface area (Å²) in [7, 11) is -3.23. The Morgan fingerprint density at radius 1 is 1.27 bits per heavy atom. The molecule has 0 spiro atoms. The third-order valence-corrected chi connectivity index (χ3v) is 6.36. The average molecular weight is 341 g/mol. The summed E-state index contributed by atoms with van der Waals surface area (Å²) in [5, 5.41) is 0. The Labute approximate surface area is 135 Å². The van der Waals surface area contributed by atoms with Crippen LogP contribution < -0.4 is 4.90 Å². The number of hydrogen-bond donors (Lipinski definition) is 1. The van der Waals surface area contributed by atoms with Crippen LogP contribution in [0.4, 0.5) is 0 Å². The molecule has 5 nitrogen and oxygen atoms in total. The molecule has 0 amide bonds. The second kappa shape index (κ2) is 6.14. The standard InChI is InChI=1S/C15H20N2O3S2/c1-2-22(18,19)12-6-7-14-13(10-12)17(15(21)20-14)11-16-8-4-3-5-9-16/h6-7,10H,2-5,8-9,11H2,1H3/p+1. The molecule has 1 N–H and O–H groups in total. The van der Waals surface area contributed by atoms with Crippen LogP contribution in [-0.4, -0.2) is 31.8 Å². The summed E-state index contributed by atoms with van der Waals surface area (Å²) in [4.78, 5) is 2.22. The number of quaternary nitrogens is 1. The van der Waals surface area contributed by atoms with Crippen molar-refractivity contribution in [3.8, 4) is 0 Å². The molecule has 1 aromatic heterocycles. The number of oxazole rings is 1. The van der Waals surface area contributed by atoms with Gasteiger partial charge in [0.05, 0.1) is 29.3 Å². The molecule has 0 saturated carbocycles. The highest BCUT2D eigenvalue weighted by Crippen LogP contribution is 2.22. The zero-order valence-corrected chi connectivity index (χ0v) is 14.3. The number of nitrogens with one attached hydrogen (secondary N) is 1. The first-order valence-corrected chi connectivity index (χ1v) is 9.77. The van der Waals surface area contributed by atoms with Gasteiger partial charge >= 0.3 is 0 Å². The number of aromatic nitrogens is 1. The van der Waals surface area contributed by atoms with Crippen molar-refractivity contribution in [3.63, 3.8) is 0 Å². The molecule has 0 atom stereocenters. The minimum Gasteiger partial charge on any atom is -0.429 e. The van der Waals surface area contributed by atoms with Gasteiger partial charge in [0.25, 0.3) is 4.84 Å². The van der Waals surface area contributed by atoms with E-state index in [9.17, 15) is 8.42 Å². The fraction of sp³-hybridized carbons (Fsp3) is 0.533. The molecule has 3 rings (SSSR count). The molecule has 1 fully saturated rings. The van der Waals surface area contributed by atoms with Crippen molar-refractivity contribution in [2.45, 2.75) is 37.8 Å².